The van der Waals surface area contributed by atoms with Crippen LogP contribution < -0.4 is 0 Å². The van der Waals surface area contributed by atoms with Gasteiger partial charge in [-0.25, -0.2) is 4.39 Å². The van der Waals surface area contributed by atoms with Crippen LogP contribution in [-0.2, 0) is 0 Å². The van der Waals surface area contributed by atoms with E-state index in [1.165, 1.54) is 6.07 Å². The van der Waals surface area contributed by atoms with Gasteiger partial charge in [0.25, 0.3) is 0 Å². The van der Waals surface area contributed by atoms with Crippen LogP contribution in [-0.4, -0.2) is 9.55 Å². The first-order valence-corrected chi connectivity index (χ1v) is 6.37. The lowest BCUT2D eigenvalue weighted by Crippen LogP contribution is -1.95. The van der Waals surface area contributed by atoms with Gasteiger partial charge in [0.15, 0.2) is 4.77 Å². The van der Waals surface area contributed by atoms with Crippen molar-refractivity contribution in [2.45, 2.75) is 19.4 Å². The minimum atomic E-state index is -0.264. The van der Waals surface area contributed by atoms with E-state index < -0.39 is 0 Å². The smallest absolute Gasteiger partial charge is 0.178 e. The second-order valence-electron chi connectivity index (χ2n) is 4.36. The molecule has 0 aliphatic heterocycles. The summed E-state index contributed by atoms with van der Waals surface area (Å²) in [7, 11) is 0. The van der Waals surface area contributed by atoms with Crippen LogP contribution in [0.3, 0.4) is 0 Å². The van der Waals surface area contributed by atoms with Crippen molar-refractivity contribution in [2.24, 2.45) is 5.92 Å². The van der Waals surface area contributed by atoms with Gasteiger partial charge in [-0.2, -0.15) is 0 Å². The van der Waals surface area contributed by atoms with Gasteiger partial charge in [0.2, 0.25) is 0 Å². The number of nitrogens with one attached hydrogen (secondary N) is 1. The minimum absolute atomic E-state index is 0.264. The molecule has 1 aliphatic carbocycles. The van der Waals surface area contributed by atoms with Crippen molar-refractivity contribution < 1.29 is 4.39 Å². The number of aromatic nitrogens is 2. The predicted octanol–water partition coefficient (Wildman–Crippen LogP) is 4.18. The van der Waals surface area contributed by atoms with Gasteiger partial charge in [0.1, 0.15) is 5.82 Å². The van der Waals surface area contributed by atoms with Crippen LogP contribution in [0.4, 0.5) is 4.39 Å². The Kier molecular flexibility index (Phi) is 2.23. The third kappa shape index (κ3) is 1.45. The van der Waals surface area contributed by atoms with Gasteiger partial charge in [0, 0.05) is 12.1 Å². The van der Waals surface area contributed by atoms with E-state index in [9.17, 15) is 4.39 Å². The van der Waals surface area contributed by atoms with Crippen LogP contribution in [0.25, 0.3) is 11.0 Å². The molecule has 84 valence electrons. The lowest BCUT2D eigenvalue weighted by molar-refractivity contribution is 0.622. The number of fused-ring (bicyclic) bond motifs is 1. The molecular formula is C11H10BrFN2S. The maximum Gasteiger partial charge on any atom is 0.178 e. The van der Waals surface area contributed by atoms with E-state index in [2.05, 4.69) is 32.4 Å². The monoisotopic (exact) mass is 300 g/mol. The fourth-order valence-electron chi connectivity index (χ4n) is 2.11. The summed E-state index contributed by atoms with van der Waals surface area (Å²) >= 11 is 8.49. The van der Waals surface area contributed by atoms with E-state index in [0.29, 0.717) is 21.2 Å². The van der Waals surface area contributed by atoms with Crippen LogP contribution in [0.1, 0.15) is 19.4 Å². The Balaban J connectivity index is 2.31. The molecule has 2 nitrogen and oxygen atoms in total. The molecule has 2 atom stereocenters. The number of nitrogens with zero attached hydrogens (tertiary/aromatic N) is 1. The zero-order valence-electron chi connectivity index (χ0n) is 8.63. The number of hydrogen-bond donors (Lipinski definition) is 1. The van der Waals surface area contributed by atoms with E-state index in [1.807, 2.05) is 0 Å². The van der Waals surface area contributed by atoms with Gasteiger partial charge in [-0.1, -0.05) is 6.92 Å². The summed E-state index contributed by atoms with van der Waals surface area (Å²) < 4.78 is 16.6. The number of halogens is 2. The number of benzene rings is 1. The number of rotatable bonds is 1. The number of hydrogen-bond acceptors (Lipinski definition) is 1. The molecule has 1 N–H and O–H groups in total. The molecule has 0 amide bonds. The molecule has 0 spiro atoms. The maximum absolute atomic E-state index is 13.4. The highest BCUT2D eigenvalue weighted by atomic mass is 79.9. The van der Waals surface area contributed by atoms with Crippen molar-refractivity contribution in [1.82, 2.24) is 9.55 Å². The van der Waals surface area contributed by atoms with Crippen molar-refractivity contribution >= 4 is 39.2 Å². The first kappa shape index (κ1) is 10.5. The highest BCUT2D eigenvalue weighted by Crippen LogP contribution is 2.44. The van der Waals surface area contributed by atoms with Crippen molar-refractivity contribution in [3.8, 4) is 0 Å². The van der Waals surface area contributed by atoms with Gasteiger partial charge < -0.3 is 9.55 Å². The topological polar surface area (TPSA) is 20.7 Å². The van der Waals surface area contributed by atoms with Crippen LogP contribution in [0.2, 0.25) is 0 Å². The third-order valence-corrected chi connectivity index (χ3v) is 4.06. The Hall–Kier alpha value is -0.680. The molecule has 3 rings (SSSR count). The van der Waals surface area contributed by atoms with E-state index in [0.717, 1.165) is 17.5 Å². The largest absolute Gasteiger partial charge is 0.330 e. The molecule has 1 fully saturated rings. The normalized spacial score (nSPS) is 23.9. The van der Waals surface area contributed by atoms with E-state index in [1.54, 1.807) is 6.07 Å². The van der Waals surface area contributed by atoms with E-state index in [4.69, 9.17) is 12.2 Å². The molecule has 1 aromatic heterocycles. The fourth-order valence-corrected chi connectivity index (χ4v) is 2.79. The Morgan fingerprint density at radius 3 is 2.88 bits per heavy atom. The standard InChI is InChI=1S/C11H10BrFN2S/c1-5-2-9(5)15-10-3-6(12)7(13)4-8(10)14-11(15)16/h3-5,9H,2H2,1H3,(H,14,16). The van der Waals surface area contributed by atoms with Crippen LogP contribution >= 0.6 is 28.1 Å². The SMILES string of the molecule is CC1CC1n1c(=S)[nH]c2cc(F)c(Br)cc21. The number of H-pyrrole nitrogens is 1. The molecule has 1 aliphatic rings. The summed E-state index contributed by atoms with van der Waals surface area (Å²) in [6, 6.07) is 3.75. The third-order valence-electron chi connectivity index (χ3n) is 3.16. The highest BCUT2D eigenvalue weighted by molar-refractivity contribution is 9.10. The lowest BCUT2D eigenvalue weighted by Gasteiger charge is -2.02. The summed E-state index contributed by atoms with van der Waals surface area (Å²) in [4.78, 5) is 3.05. The second-order valence-corrected chi connectivity index (χ2v) is 5.60. The van der Waals surface area contributed by atoms with Crippen LogP contribution in [0.15, 0.2) is 16.6 Å². The molecule has 0 radical (unpaired) electrons. The average molecular weight is 301 g/mol. The Bertz CT molecular complexity index is 631. The first-order valence-electron chi connectivity index (χ1n) is 5.17. The van der Waals surface area contributed by atoms with Crippen molar-refractivity contribution in [1.29, 1.82) is 0 Å². The average Bonchev–Trinajstić information content (AvgIpc) is 2.82. The van der Waals surface area contributed by atoms with Gasteiger partial charge in [-0.3, -0.25) is 0 Å². The zero-order valence-corrected chi connectivity index (χ0v) is 11.0. The van der Waals surface area contributed by atoms with E-state index >= 15 is 0 Å². The summed E-state index contributed by atoms with van der Waals surface area (Å²) in [5.41, 5.74) is 1.75. The molecule has 2 aromatic rings. The summed E-state index contributed by atoms with van der Waals surface area (Å²) in [5, 5.41) is 0. The lowest BCUT2D eigenvalue weighted by atomic mass is 10.3. The Morgan fingerprint density at radius 2 is 2.25 bits per heavy atom. The Labute approximate surface area is 106 Å². The molecule has 16 heavy (non-hydrogen) atoms. The van der Waals surface area contributed by atoms with E-state index in [-0.39, 0.29) is 5.82 Å². The summed E-state index contributed by atoms with van der Waals surface area (Å²) in [6.07, 6.45) is 1.15. The zero-order chi connectivity index (χ0) is 11.4. The number of imidazole rings is 1. The first-order chi connectivity index (χ1) is 7.58. The summed E-state index contributed by atoms with van der Waals surface area (Å²) in [5.74, 6) is 0.397. The summed E-state index contributed by atoms with van der Waals surface area (Å²) in [6.45, 7) is 2.20. The number of aromatic amines is 1. The predicted molar refractivity (Wildman–Crippen MR) is 67.6 cm³/mol. The van der Waals surface area contributed by atoms with Gasteiger partial charge >= 0.3 is 0 Å². The molecular weight excluding hydrogens is 291 g/mol. The molecule has 2 unspecified atom stereocenters. The van der Waals surface area contributed by atoms with Gasteiger partial charge in [-0.05, 0) is 46.6 Å². The van der Waals surface area contributed by atoms with Gasteiger partial charge in [0.05, 0.1) is 15.5 Å². The molecule has 0 bridgehead atoms. The minimum Gasteiger partial charge on any atom is -0.330 e. The Morgan fingerprint density at radius 1 is 1.56 bits per heavy atom. The second kappa shape index (κ2) is 3.40. The van der Waals surface area contributed by atoms with Crippen LogP contribution in [0, 0.1) is 16.5 Å². The van der Waals surface area contributed by atoms with Crippen LogP contribution in [0.5, 0.6) is 0 Å². The molecule has 1 saturated carbocycles. The molecule has 0 saturated heterocycles. The molecule has 1 heterocycles. The molecule has 5 heteroatoms. The van der Waals surface area contributed by atoms with Crippen molar-refractivity contribution in [3.63, 3.8) is 0 Å². The molecule has 1 aromatic carbocycles. The van der Waals surface area contributed by atoms with Crippen molar-refractivity contribution in [2.75, 3.05) is 0 Å². The van der Waals surface area contributed by atoms with Crippen molar-refractivity contribution in [3.05, 3.63) is 27.2 Å². The maximum atomic E-state index is 13.4. The van der Waals surface area contributed by atoms with Gasteiger partial charge in [-0.15, -0.1) is 0 Å². The quantitative estimate of drug-likeness (QED) is 0.784. The fraction of sp³-hybridized carbons (Fsp3) is 0.364. The highest BCUT2D eigenvalue weighted by Gasteiger charge is 2.35.